The Balaban J connectivity index is 1.73. The molecule has 0 aromatic heterocycles. The molecule has 0 aromatic carbocycles. The molecule has 4 atom stereocenters. The van der Waals surface area contributed by atoms with Crippen molar-refractivity contribution in [2.75, 3.05) is 6.54 Å². The molecule has 1 heterocycles. The number of carboxylic acids is 1. The molecule has 2 aliphatic rings. The second-order valence-corrected chi connectivity index (χ2v) is 5.94. The second kappa shape index (κ2) is 6.37. The first kappa shape index (κ1) is 14.3. The van der Waals surface area contributed by atoms with E-state index in [1.165, 1.54) is 12.8 Å². The number of hydrogen-bond donors (Lipinski definition) is 3. The lowest BCUT2D eigenvalue weighted by Gasteiger charge is -2.21. The summed E-state index contributed by atoms with van der Waals surface area (Å²) >= 11 is 0. The Morgan fingerprint density at radius 1 is 1.42 bits per heavy atom. The highest BCUT2D eigenvalue weighted by atomic mass is 16.4. The Morgan fingerprint density at radius 3 is 2.95 bits per heavy atom. The zero-order valence-corrected chi connectivity index (χ0v) is 11.5. The van der Waals surface area contributed by atoms with Crippen molar-refractivity contribution in [3.8, 4) is 0 Å². The van der Waals surface area contributed by atoms with E-state index in [2.05, 4.69) is 10.6 Å². The van der Waals surface area contributed by atoms with E-state index in [0.717, 1.165) is 19.4 Å². The van der Waals surface area contributed by atoms with Crippen LogP contribution in [0.3, 0.4) is 0 Å². The normalized spacial score (nSPS) is 30.9. The maximum absolute atomic E-state index is 12.2. The van der Waals surface area contributed by atoms with Crippen molar-refractivity contribution < 1.29 is 14.7 Å². The van der Waals surface area contributed by atoms with Gasteiger partial charge in [0.2, 0.25) is 5.91 Å². The fraction of sp³-hybridized carbons (Fsp3) is 0.857. The number of hydrogen-bond acceptors (Lipinski definition) is 3. The molecule has 4 unspecified atom stereocenters. The van der Waals surface area contributed by atoms with Gasteiger partial charge in [0.1, 0.15) is 0 Å². The molecular formula is C14H24N2O3. The molecule has 0 spiro atoms. The maximum Gasteiger partial charge on any atom is 0.303 e. The predicted octanol–water partition coefficient (Wildman–Crippen LogP) is 1.13. The number of nitrogens with one attached hydrogen (secondary N) is 2. The summed E-state index contributed by atoms with van der Waals surface area (Å²) in [5.74, 6) is 0.506. The third-order valence-corrected chi connectivity index (χ3v) is 4.44. The van der Waals surface area contributed by atoms with E-state index in [0.29, 0.717) is 18.3 Å². The molecule has 0 bridgehead atoms. The van der Waals surface area contributed by atoms with E-state index in [1.54, 1.807) is 0 Å². The molecule has 5 nitrogen and oxygen atoms in total. The Hall–Kier alpha value is -1.10. The smallest absolute Gasteiger partial charge is 0.303 e. The van der Waals surface area contributed by atoms with Gasteiger partial charge in [-0.05, 0) is 51.0 Å². The van der Waals surface area contributed by atoms with Crippen molar-refractivity contribution in [2.45, 2.75) is 57.5 Å². The fourth-order valence-electron chi connectivity index (χ4n) is 3.44. The molecule has 19 heavy (non-hydrogen) atoms. The van der Waals surface area contributed by atoms with Crippen molar-refractivity contribution in [1.82, 2.24) is 10.6 Å². The van der Waals surface area contributed by atoms with Crippen LogP contribution in [0.2, 0.25) is 0 Å². The highest BCUT2D eigenvalue weighted by Gasteiger charge is 2.42. The lowest BCUT2D eigenvalue weighted by Crippen LogP contribution is -2.46. The summed E-state index contributed by atoms with van der Waals surface area (Å²) in [7, 11) is 0. The summed E-state index contributed by atoms with van der Waals surface area (Å²) < 4.78 is 0. The van der Waals surface area contributed by atoms with E-state index in [4.69, 9.17) is 5.11 Å². The van der Waals surface area contributed by atoms with Gasteiger partial charge in [-0.2, -0.15) is 0 Å². The number of carbonyl (C=O) groups excluding carboxylic acids is 1. The Labute approximate surface area is 114 Å². The lowest BCUT2D eigenvalue weighted by molar-refractivity contribution is -0.137. The predicted molar refractivity (Wildman–Crippen MR) is 71.7 cm³/mol. The van der Waals surface area contributed by atoms with Crippen molar-refractivity contribution in [3.63, 3.8) is 0 Å². The van der Waals surface area contributed by atoms with Crippen LogP contribution in [0.1, 0.15) is 45.4 Å². The van der Waals surface area contributed by atoms with Gasteiger partial charge in [-0.3, -0.25) is 9.59 Å². The minimum absolute atomic E-state index is 0.0329. The van der Waals surface area contributed by atoms with Crippen LogP contribution in [-0.2, 0) is 9.59 Å². The van der Waals surface area contributed by atoms with E-state index in [1.807, 2.05) is 6.92 Å². The van der Waals surface area contributed by atoms with Gasteiger partial charge in [-0.1, -0.05) is 6.42 Å². The van der Waals surface area contributed by atoms with Crippen molar-refractivity contribution in [1.29, 1.82) is 0 Å². The monoisotopic (exact) mass is 268 g/mol. The molecule has 3 N–H and O–H groups in total. The van der Waals surface area contributed by atoms with Crippen LogP contribution in [0.25, 0.3) is 0 Å². The number of carboxylic acid groups (broad SMARTS) is 1. The van der Waals surface area contributed by atoms with Crippen molar-refractivity contribution in [2.24, 2.45) is 11.8 Å². The Morgan fingerprint density at radius 2 is 2.21 bits per heavy atom. The molecule has 108 valence electrons. The zero-order valence-electron chi connectivity index (χ0n) is 11.5. The number of carbonyl (C=O) groups is 2. The van der Waals surface area contributed by atoms with Gasteiger partial charge in [0.25, 0.3) is 0 Å². The van der Waals surface area contributed by atoms with Crippen LogP contribution in [0, 0.1) is 11.8 Å². The fourth-order valence-corrected chi connectivity index (χ4v) is 3.44. The van der Waals surface area contributed by atoms with Crippen LogP contribution in [0.5, 0.6) is 0 Å². The minimum atomic E-state index is -0.773. The van der Waals surface area contributed by atoms with Gasteiger partial charge in [0.15, 0.2) is 0 Å². The van der Waals surface area contributed by atoms with Crippen LogP contribution in [0.15, 0.2) is 0 Å². The van der Waals surface area contributed by atoms with Gasteiger partial charge in [0.05, 0.1) is 6.04 Å². The molecular weight excluding hydrogens is 244 g/mol. The molecule has 0 radical (unpaired) electrons. The van der Waals surface area contributed by atoms with Gasteiger partial charge in [-0.15, -0.1) is 0 Å². The summed E-state index contributed by atoms with van der Waals surface area (Å²) in [6.07, 6.45) is 5.15. The third kappa shape index (κ3) is 3.69. The largest absolute Gasteiger partial charge is 0.481 e. The van der Waals surface area contributed by atoms with Gasteiger partial charge in [-0.25, -0.2) is 0 Å². The molecule has 1 aliphatic heterocycles. The second-order valence-electron chi connectivity index (χ2n) is 5.94. The van der Waals surface area contributed by atoms with Crippen molar-refractivity contribution in [3.05, 3.63) is 0 Å². The number of rotatable bonds is 6. The van der Waals surface area contributed by atoms with Crippen LogP contribution < -0.4 is 10.6 Å². The molecule has 1 saturated heterocycles. The molecule has 2 fully saturated rings. The average Bonchev–Trinajstić information content (AvgIpc) is 2.88. The zero-order chi connectivity index (χ0) is 13.8. The highest BCUT2D eigenvalue weighted by molar-refractivity contribution is 5.82. The first-order valence-electron chi connectivity index (χ1n) is 7.33. The standard InChI is InChI=1S/C14H24N2O3/c1-9(4-2-7-12(17)18)16-14(19)13-11-6-3-5-10(11)8-15-13/h9-11,13,15H,2-8H2,1H3,(H,16,19)(H,17,18). The third-order valence-electron chi connectivity index (χ3n) is 4.44. The van der Waals surface area contributed by atoms with Crippen molar-refractivity contribution >= 4 is 11.9 Å². The summed E-state index contributed by atoms with van der Waals surface area (Å²) in [6, 6.07) is 0.0172. The number of fused-ring (bicyclic) bond motifs is 1. The minimum Gasteiger partial charge on any atom is -0.481 e. The quantitative estimate of drug-likeness (QED) is 0.675. The van der Waals surface area contributed by atoms with Crippen LogP contribution >= 0.6 is 0 Å². The van der Waals surface area contributed by atoms with E-state index in [-0.39, 0.29) is 24.4 Å². The SMILES string of the molecule is CC(CCCC(=O)O)NC(=O)C1NCC2CCCC21. The van der Waals surface area contributed by atoms with E-state index >= 15 is 0 Å². The Kier molecular flexibility index (Phi) is 4.80. The number of aliphatic carboxylic acids is 1. The van der Waals surface area contributed by atoms with Crippen LogP contribution in [0.4, 0.5) is 0 Å². The van der Waals surface area contributed by atoms with Gasteiger partial charge >= 0.3 is 5.97 Å². The summed E-state index contributed by atoms with van der Waals surface area (Å²) in [4.78, 5) is 22.6. The first-order valence-corrected chi connectivity index (χ1v) is 7.33. The summed E-state index contributed by atoms with van der Waals surface area (Å²) in [5.41, 5.74) is 0. The molecule has 1 amide bonds. The average molecular weight is 268 g/mol. The summed E-state index contributed by atoms with van der Waals surface area (Å²) in [5, 5.41) is 14.9. The molecule has 5 heteroatoms. The van der Waals surface area contributed by atoms with E-state index in [9.17, 15) is 9.59 Å². The topological polar surface area (TPSA) is 78.4 Å². The van der Waals surface area contributed by atoms with Crippen LogP contribution in [-0.4, -0.2) is 35.6 Å². The number of amides is 1. The van der Waals surface area contributed by atoms with Gasteiger partial charge < -0.3 is 15.7 Å². The summed E-state index contributed by atoms with van der Waals surface area (Å²) in [6.45, 7) is 2.91. The maximum atomic E-state index is 12.2. The highest BCUT2D eigenvalue weighted by Crippen LogP contribution is 2.37. The molecule has 1 aliphatic carbocycles. The molecule has 2 rings (SSSR count). The molecule has 0 aromatic rings. The first-order chi connectivity index (χ1) is 9.08. The molecule has 1 saturated carbocycles. The Bertz CT molecular complexity index is 346. The lowest BCUT2D eigenvalue weighted by atomic mass is 9.93. The van der Waals surface area contributed by atoms with Gasteiger partial charge in [0, 0.05) is 12.5 Å². The van der Waals surface area contributed by atoms with E-state index < -0.39 is 5.97 Å².